The SMILES string of the molecule is CS(=O)(=O)N(c1cc2oc(-c3ccc(Oc4ccc(F)cc4)cc3)c(C(=O)OC(N)=O)c2cc1C1CC1)C1CCC(N)CC1. The maximum Gasteiger partial charge on any atom is 0.412 e. The van der Waals surface area contributed by atoms with Crippen LogP contribution in [0.2, 0.25) is 0 Å². The largest absolute Gasteiger partial charge is 0.457 e. The number of carbonyl (C=O) groups is 2. The van der Waals surface area contributed by atoms with Crippen LogP contribution < -0.4 is 20.5 Å². The number of amides is 1. The first-order valence-electron chi connectivity index (χ1n) is 14.4. The Kier molecular flexibility index (Phi) is 7.80. The van der Waals surface area contributed by atoms with Crippen LogP contribution in [-0.2, 0) is 14.8 Å². The molecule has 6 rings (SSSR count). The summed E-state index contributed by atoms with van der Waals surface area (Å²) in [7, 11) is -3.69. The van der Waals surface area contributed by atoms with Gasteiger partial charge in [0.2, 0.25) is 10.0 Å². The highest BCUT2D eigenvalue weighted by molar-refractivity contribution is 7.92. The molecule has 0 spiro atoms. The van der Waals surface area contributed by atoms with E-state index in [1.165, 1.54) is 34.8 Å². The number of carbonyl (C=O) groups excluding carboxylic acids is 2. The average molecular weight is 622 g/mol. The number of hydrogen-bond donors (Lipinski definition) is 2. The summed E-state index contributed by atoms with van der Waals surface area (Å²) in [6.07, 6.45) is 4.35. The van der Waals surface area contributed by atoms with Crippen molar-refractivity contribution in [1.29, 1.82) is 0 Å². The highest BCUT2D eigenvalue weighted by Gasteiger charge is 2.37. The van der Waals surface area contributed by atoms with E-state index < -0.39 is 22.1 Å². The van der Waals surface area contributed by atoms with Crippen molar-refractivity contribution in [3.05, 3.63) is 77.6 Å². The van der Waals surface area contributed by atoms with Gasteiger partial charge in [0.25, 0.3) is 0 Å². The van der Waals surface area contributed by atoms with E-state index in [0.717, 1.165) is 18.4 Å². The molecule has 0 aliphatic heterocycles. The molecule has 2 aliphatic carbocycles. The third-order valence-corrected chi connectivity index (χ3v) is 9.29. The topological polar surface area (TPSA) is 155 Å². The van der Waals surface area contributed by atoms with Crippen molar-refractivity contribution >= 4 is 38.7 Å². The normalized spacial score (nSPS) is 18.6. The number of benzene rings is 3. The molecule has 44 heavy (non-hydrogen) atoms. The summed E-state index contributed by atoms with van der Waals surface area (Å²) in [6.45, 7) is 0. The zero-order valence-electron chi connectivity index (χ0n) is 24.0. The number of ether oxygens (including phenoxy) is 2. The lowest BCUT2D eigenvalue weighted by molar-refractivity contribution is 0.0640. The van der Waals surface area contributed by atoms with Gasteiger partial charge in [0, 0.05) is 29.1 Å². The molecule has 2 fully saturated rings. The molecule has 230 valence electrons. The number of esters is 1. The molecule has 2 saturated carbocycles. The van der Waals surface area contributed by atoms with Crippen molar-refractivity contribution < 1.29 is 36.3 Å². The van der Waals surface area contributed by atoms with E-state index in [1.54, 1.807) is 36.4 Å². The molecule has 4 N–H and O–H groups in total. The number of nitrogens with two attached hydrogens (primary N) is 2. The zero-order chi connectivity index (χ0) is 31.2. The molecule has 4 aromatic rings. The Morgan fingerprint density at radius 2 is 1.55 bits per heavy atom. The predicted molar refractivity (Wildman–Crippen MR) is 163 cm³/mol. The maximum atomic E-state index is 13.3. The number of halogens is 1. The number of fused-ring (bicyclic) bond motifs is 1. The van der Waals surface area contributed by atoms with E-state index in [9.17, 15) is 22.4 Å². The fraction of sp³-hybridized carbons (Fsp3) is 0.312. The number of sulfonamides is 1. The molecule has 1 aromatic heterocycles. The Balaban J connectivity index is 1.46. The Morgan fingerprint density at radius 1 is 0.932 bits per heavy atom. The molecule has 0 radical (unpaired) electrons. The van der Waals surface area contributed by atoms with Gasteiger partial charge in [-0.2, -0.15) is 0 Å². The first-order chi connectivity index (χ1) is 21.0. The average Bonchev–Trinajstić information content (AvgIpc) is 3.74. The highest BCUT2D eigenvalue weighted by atomic mass is 32.2. The van der Waals surface area contributed by atoms with Gasteiger partial charge in [-0.1, -0.05) is 0 Å². The molecule has 2 aliphatic rings. The summed E-state index contributed by atoms with van der Waals surface area (Å²) >= 11 is 0. The number of primary amides is 1. The fourth-order valence-electron chi connectivity index (χ4n) is 5.90. The Morgan fingerprint density at radius 3 is 2.11 bits per heavy atom. The van der Waals surface area contributed by atoms with Crippen molar-refractivity contribution in [3.8, 4) is 22.8 Å². The lowest BCUT2D eigenvalue weighted by Crippen LogP contribution is -2.44. The number of rotatable bonds is 8. The van der Waals surface area contributed by atoms with Crippen LogP contribution in [0.25, 0.3) is 22.3 Å². The third kappa shape index (κ3) is 6.13. The second kappa shape index (κ2) is 11.6. The van der Waals surface area contributed by atoms with Gasteiger partial charge in [-0.15, -0.1) is 0 Å². The Hall–Kier alpha value is -4.42. The number of nitrogens with zero attached hydrogens (tertiary/aromatic N) is 1. The van der Waals surface area contributed by atoms with E-state index in [-0.39, 0.29) is 40.7 Å². The molecular weight excluding hydrogens is 589 g/mol. The molecule has 10 nitrogen and oxygen atoms in total. The van der Waals surface area contributed by atoms with Gasteiger partial charge in [0.05, 0.1) is 11.9 Å². The van der Waals surface area contributed by atoms with Gasteiger partial charge in [-0.3, -0.25) is 4.31 Å². The first kappa shape index (κ1) is 29.6. The third-order valence-electron chi connectivity index (χ3n) is 8.09. The van der Waals surface area contributed by atoms with Gasteiger partial charge in [0.1, 0.15) is 34.2 Å². The summed E-state index contributed by atoms with van der Waals surface area (Å²) in [6, 6.07) is 15.4. The fourth-order valence-corrected chi connectivity index (χ4v) is 7.17. The molecule has 1 amide bonds. The number of furan rings is 1. The summed E-state index contributed by atoms with van der Waals surface area (Å²) in [5.41, 5.74) is 13.3. The molecule has 0 saturated heterocycles. The molecule has 1 heterocycles. The summed E-state index contributed by atoms with van der Waals surface area (Å²) < 4.78 is 58.1. The van der Waals surface area contributed by atoms with E-state index in [2.05, 4.69) is 0 Å². The lowest BCUT2D eigenvalue weighted by atomic mass is 9.91. The first-order valence-corrected chi connectivity index (χ1v) is 16.2. The van der Waals surface area contributed by atoms with Crippen LogP contribution in [-0.4, -0.2) is 38.8 Å². The van der Waals surface area contributed by atoms with Crippen molar-refractivity contribution in [1.82, 2.24) is 0 Å². The zero-order valence-corrected chi connectivity index (χ0v) is 24.8. The molecule has 0 bridgehead atoms. The number of hydrogen-bond acceptors (Lipinski definition) is 8. The lowest BCUT2D eigenvalue weighted by Gasteiger charge is -2.37. The van der Waals surface area contributed by atoms with Crippen molar-refractivity contribution in [2.75, 3.05) is 10.6 Å². The molecule has 12 heteroatoms. The molecule has 0 atom stereocenters. The smallest absolute Gasteiger partial charge is 0.412 e. The van der Waals surface area contributed by atoms with Gasteiger partial charge in [-0.25, -0.2) is 22.4 Å². The minimum Gasteiger partial charge on any atom is -0.457 e. The monoisotopic (exact) mass is 621 g/mol. The second-order valence-corrected chi connectivity index (χ2v) is 13.3. The molecule has 3 aromatic carbocycles. The minimum atomic E-state index is -3.69. The summed E-state index contributed by atoms with van der Waals surface area (Å²) in [4.78, 5) is 24.8. The molecule has 0 unspecified atom stereocenters. The van der Waals surface area contributed by atoms with E-state index in [0.29, 0.717) is 53.8 Å². The predicted octanol–water partition coefficient (Wildman–Crippen LogP) is 6.18. The van der Waals surface area contributed by atoms with Crippen molar-refractivity contribution in [3.63, 3.8) is 0 Å². The van der Waals surface area contributed by atoms with Crippen molar-refractivity contribution in [2.45, 2.75) is 56.5 Å². The van der Waals surface area contributed by atoms with E-state index >= 15 is 0 Å². The van der Waals surface area contributed by atoms with Gasteiger partial charge in [0.15, 0.2) is 0 Å². The van der Waals surface area contributed by atoms with Crippen molar-refractivity contribution in [2.24, 2.45) is 11.5 Å². The van der Waals surface area contributed by atoms with E-state index in [1.807, 2.05) is 0 Å². The van der Waals surface area contributed by atoms with Crippen LogP contribution in [0.5, 0.6) is 11.5 Å². The number of anilines is 1. The van der Waals surface area contributed by atoms with Crippen LogP contribution in [0.15, 0.2) is 65.1 Å². The standard InChI is InChI=1S/C32H32FN3O7S/c1-44(39,40)36(22-10-8-21(34)9-11-22)27-17-28-26(16-25(27)18-2-3-18)29(31(37)43-32(35)38)30(42-28)19-4-12-23(13-5-19)41-24-14-6-20(33)7-15-24/h4-7,12-18,21-22H,2-3,8-11,34H2,1H3,(H2,35,38). The van der Waals surface area contributed by atoms with Gasteiger partial charge in [-0.05, 0) is 105 Å². The van der Waals surface area contributed by atoms with Crippen LogP contribution in [0.1, 0.15) is 60.4 Å². The molecular formula is C32H32FN3O7S. The quantitative estimate of drug-likeness (QED) is 0.175. The highest BCUT2D eigenvalue weighted by Crippen LogP contribution is 2.49. The van der Waals surface area contributed by atoms with Gasteiger partial charge < -0.3 is 25.4 Å². The summed E-state index contributed by atoms with van der Waals surface area (Å²) in [5.74, 6) is -0.271. The van der Waals surface area contributed by atoms with Crippen LogP contribution >= 0.6 is 0 Å². The summed E-state index contributed by atoms with van der Waals surface area (Å²) in [5, 5.41) is 0.377. The van der Waals surface area contributed by atoms with E-state index in [4.69, 9.17) is 25.4 Å². The Bertz CT molecular complexity index is 1830. The van der Waals surface area contributed by atoms with Gasteiger partial charge >= 0.3 is 12.1 Å². The second-order valence-electron chi connectivity index (χ2n) is 11.4. The van der Waals surface area contributed by atoms with Crippen LogP contribution in [0.4, 0.5) is 14.9 Å². The van der Waals surface area contributed by atoms with Crippen LogP contribution in [0.3, 0.4) is 0 Å². The maximum absolute atomic E-state index is 13.3. The van der Waals surface area contributed by atoms with Crippen LogP contribution in [0, 0.1) is 5.82 Å². The Labute approximate surface area is 253 Å². The minimum absolute atomic E-state index is 0.00556.